The average molecular weight is 307 g/mol. The van der Waals surface area contributed by atoms with E-state index in [-0.39, 0.29) is 5.91 Å². The molecular formula is C16H25N3OS. The van der Waals surface area contributed by atoms with Crippen molar-refractivity contribution in [3.63, 3.8) is 0 Å². The van der Waals surface area contributed by atoms with Gasteiger partial charge in [0.25, 0.3) is 5.91 Å². The Labute approximate surface area is 131 Å². The van der Waals surface area contributed by atoms with Crippen molar-refractivity contribution in [2.45, 2.75) is 30.4 Å². The molecule has 1 aromatic rings. The Morgan fingerprint density at radius 2 is 2.05 bits per heavy atom. The largest absolute Gasteiger partial charge is 0.397 e. The standard InChI is InChI=1S/C16H25N3OS/c1-19(2)15(20)12-6-7-13(17)14(10-12)18-11-16(21-3)8-4-5-9-16/h6-7,10,18H,4-5,8-9,11,17H2,1-3H3. The molecule has 0 atom stereocenters. The van der Waals surface area contributed by atoms with Crippen LogP contribution in [0.15, 0.2) is 18.2 Å². The number of carbonyl (C=O) groups is 1. The molecule has 1 saturated carbocycles. The van der Waals surface area contributed by atoms with Gasteiger partial charge in [-0.3, -0.25) is 4.79 Å². The van der Waals surface area contributed by atoms with Crippen LogP contribution in [0.1, 0.15) is 36.0 Å². The lowest BCUT2D eigenvalue weighted by Crippen LogP contribution is -2.30. The molecule has 1 amide bonds. The maximum Gasteiger partial charge on any atom is 0.253 e. The number of nitrogens with two attached hydrogens (primary N) is 1. The fourth-order valence-electron chi connectivity index (χ4n) is 2.83. The van der Waals surface area contributed by atoms with E-state index in [1.165, 1.54) is 25.7 Å². The number of anilines is 2. The lowest BCUT2D eigenvalue weighted by atomic mass is 10.1. The minimum Gasteiger partial charge on any atom is -0.397 e. The number of thioether (sulfide) groups is 1. The predicted molar refractivity (Wildman–Crippen MR) is 92.1 cm³/mol. The van der Waals surface area contributed by atoms with Crippen LogP contribution in [0.25, 0.3) is 0 Å². The van der Waals surface area contributed by atoms with E-state index in [0.717, 1.165) is 12.2 Å². The van der Waals surface area contributed by atoms with Gasteiger partial charge in [-0.2, -0.15) is 11.8 Å². The Morgan fingerprint density at radius 1 is 1.38 bits per heavy atom. The first kappa shape index (κ1) is 16.0. The molecule has 0 aliphatic heterocycles. The Morgan fingerprint density at radius 3 is 2.62 bits per heavy atom. The molecule has 116 valence electrons. The quantitative estimate of drug-likeness (QED) is 0.821. The van der Waals surface area contributed by atoms with E-state index >= 15 is 0 Å². The number of rotatable bonds is 5. The number of amides is 1. The van der Waals surface area contributed by atoms with Gasteiger partial charge in [-0.25, -0.2) is 0 Å². The fourth-order valence-corrected chi connectivity index (χ4v) is 3.74. The lowest BCUT2D eigenvalue weighted by Gasteiger charge is -2.28. The Hall–Kier alpha value is -1.36. The van der Waals surface area contributed by atoms with Gasteiger partial charge in [0.05, 0.1) is 11.4 Å². The number of nitrogens with one attached hydrogen (secondary N) is 1. The fraction of sp³-hybridized carbons (Fsp3) is 0.562. The van der Waals surface area contributed by atoms with Gasteiger partial charge < -0.3 is 16.0 Å². The van der Waals surface area contributed by atoms with E-state index in [1.807, 2.05) is 17.8 Å². The summed E-state index contributed by atoms with van der Waals surface area (Å²) < 4.78 is 0.313. The van der Waals surface area contributed by atoms with Crippen LogP contribution in [0, 0.1) is 0 Å². The van der Waals surface area contributed by atoms with Crippen molar-refractivity contribution in [2.75, 3.05) is 37.9 Å². The van der Waals surface area contributed by atoms with Crippen LogP contribution in [0.2, 0.25) is 0 Å². The van der Waals surface area contributed by atoms with Crippen LogP contribution < -0.4 is 11.1 Å². The monoisotopic (exact) mass is 307 g/mol. The van der Waals surface area contributed by atoms with Crippen molar-refractivity contribution in [2.24, 2.45) is 0 Å². The number of hydrogen-bond donors (Lipinski definition) is 2. The van der Waals surface area contributed by atoms with Crippen molar-refractivity contribution >= 4 is 29.0 Å². The van der Waals surface area contributed by atoms with Gasteiger partial charge in [0, 0.05) is 31.0 Å². The molecule has 0 aromatic heterocycles. The highest BCUT2D eigenvalue weighted by molar-refractivity contribution is 8.00. The first-order valence-electron chi connectivity index (χ1n) is 7.38. The van der Waals surface area contributed by atoms with Crippen LogP contribution in [0.4, 0.5) is 11.4 Å². The highest BCUT2D eigenvalue weighted by Gasteiger charge is 2.32. The van der Waals surface area contributed by atoms with Crippen molar-refractivity contribution in [3.05, 3.63) is 23.8 Å². The molecule has 0 bridgehead atoms. The first-order chi connectivity index (χ1) is 9.97. The number of hydrogen-bond acceptors (Lipinski definition) is 4. The Bertz CT molecular complexity index is 510. The minimum atomic E-state index is -0.00139. The van der Waals surface area contributed by atoms with Gasteiger partial charge in [0.15, 0.2) is 0 Å². The normalized spacial score (nSPS) is 16.7. The van der Waals surface area contributed by atoms with Crippen LogP contribution in [0.5, 0.6) is 0 Å². The molecule has 0 spiro atoms. The summed E-state index contributed by atoms with van der Waals surface area (Å²) in [5, 5.41) is 3.46. The second kappa shape index (κ2) is 6.60. The Balaban J connectivity index is 2.12. The molecule has 0 saturated heterocycles. The van der Waals surface area contributed by atoms with Crippen molar-refractivity contribution in [1.29, 1.82) is 0 Å². The van der Waals surface area contributed by atoms with Crippen molar-refractivity contribution < 1.29 is 4.79 Å². The molecule has 1 aromatic carbocycles. The maximum atomic E-state index is 12.0. The topological polar surface area (TPSA) is 58.4 Å². The van der Waals surface area contributed by atoms with Crippen molar-refractivity contribution in [3.8, 4) is 0 Å². The number of benzene rings is 1. The summed E-state index contributed by atoms with van der Waals surface area (Å²) in [6, 6.07) is 5.45. The van der Waals surface area contributed by atoms with Crippen LogP contribution >= 0.6 is 11.8 Å². The van der Waals surface area contributed by atoms with Gasteiger partial charge in [-0.15, -0.1) is 0 Å². The SMILES string of the molecule is CSC1(CNc2cc(C(=O)N(C)C)ccc2N)CCCC1. The van der Waals surface area contributed by atoms with Gasteiger partial charge in [0.2, 0.25) is 0 Å². The van der Waals surface area contributed by atoms with E-state index in [2.05, 4.69) is 11.6 Å². The molecule has 1 fully saturated rings. The summed E-state index contributed by atoms with van der Waals surface area (Å²) in [7, 11) is 3.51. The van der Waals surface area contributed by atoms with Gasteiger partial charge in [0.1, 0.15) is 0 Å². The van der Waals surface area contributed by atoms with Crippen molar-refractivity contribution in [1.82, 2.24) is 4.90 Å². The molecule has 4 nitrogen and oxygen atoms in total. The summed E-state index contributed by atoms with van der Waals surface area (Å²) in [4.78, 5) is 13.6. The molecule has 2 rings (SSSR count). The first-order valence-corrected chi connectivity index (χ1v) is 8.60. The zero-order valence-corrected chi connectivity index (χ0v) is 13.9. The lowest BCUT2D eigenvalue weighted by molar-refractivity contribution is 0.0827. The summed E-state index contributed by atoms with van der Waals surface area (Å²) in [6.45, 7) is 0.901. The molecule has 5 heteroatoms. The zero-order chi connectivity index (χ0) is 15.5. The molecule has 0 heterocycles. The molecule has 21 heavy (non-hydrogen) atoms. The van der Waals surface area contributed by atoms with E-state index in [1.54, 1.807) is 31.1 Å². The maximum absolute atomic E-state index is 12.0. The van der Waals surface area contributed by atoms with Gasteiger partial charge >= 0.3 is 0 Å². The van der Waals surface area contributed by atoms with Crippen LogP contribution in [-0.4, -0.2) is 42.4 Å². The molecule has 1 aliphatic rings. The number of carbonyl (C=O) groups excluding carboxylic acids is 1. The molecule has 1 aliphatic carbocycles. The molecule has 0 unspecified atom stereocenters. The third-order valence-electron chi connectivity index (χ3n) is 4.26. The molecule has 0 radical (unpaired) electrons. The minimum absolute atomic E-state index is 0.00139. The average Bonchev–Trinajstić information content (AvgIpc) is 2.95. The smallest absolute Gasteiger partial charge is 0.253 e. The number of nitrogen functional groups attached to an aromatic ring is 1. The van der Waals surface area contributed by atoms with E-state index < -0.39 is 0 Å². The summed E-state index contributed by atoms with van der Waals surface area (Å²) in [6.07, 6.45) is 7.28. The predicted octanol–water partition coefficient (Wildman–Crippen LogP) is 3.06. The zero-order valence-electron chi connectivity index (χ0n) is 13.1. The number of nitrogens with zero attached hydrogens (tertiary/aromatic N) is 1. The molecule has 3 N–H and O–H groups in total. The van der Waals surface area contributed by atoms with Crippen LogP contribution in [-0.2, 0) is 0 Å². The second-order valence-electron chi connectivity index (χ2n) is 5.95. The third kappa shape index (κ3) is 3.64. The van der Waals surface area contributed by atoms with E-state index in [0.29, 0.717) is 16.0 Å². The third-order valence-corrected chi connectivity index (χ3v) is 5.67. The van der Waals surface area contributed by atoms with E-state index in [9.17, 15) is 4.79 Å². The second-order valence-corrected chi connectivity index (χ2v) is 7.22. The van der Waals surface area contributed by atoms with Gasteiger partial charge in [-0.1, -0.05) is 12.8 Å². The summed E-state index contributed by atoms with van der Waals surface area (Å²) in [5.41, 5.74) is 8.27. The van der Waals surface area contributed by atoms with E-state index in [4.69, 9.17) is 5.73 Å². The molecular weight excluding hydrogens is 282 g/mol. The van der Waals surface area contributed by atoms with Gasteiger partial charge in [-0.05, 0) is 37.3 Å². The highest BCUT2D eigenvalue weighted by Crippen LogP contribution is 2.40. The summed E-state index contributed by atoms with van der Waals surface area (Å²) >= 11 is 1.94. The summed E-state index contributed by atoms with van der Waals surface area (Å²) in [5.74, 6) is -0.00139. The highest BCUT2D eigenvalue weighted by atomic mass is 32.2. The van der Waals surface area contributed by atoms with Crippen LogP contribution in [0.3, 0.4) is 0 Å². The Kier molecular flexibility index (Phi) is 5.04.